The second-order valence-electron chi connectivity index (χ2n) is 6.96. The Labute approximate surface area is 173 Å². The molecule has 1 fully saturated rings. The lowest BCUT2D eigenvalue weighted by molar-refractivity contribution is 0.300. The third kappa shape index (κ3) is 4.58. The fourth-order valence-corrected chi connectivity index (χ4v) is 3.41. The Morgan fingerprint density at radius 2 is 2.14 bits per heavy atom. The number of hydrogen-bond acceptors (Lipinski definition) is 6. The van der Waals surface area contributed by atoms with E-state index in [9.17, 15) is 4.79 Å². The van der Waals surface area contributed by atoms with Crippen LogP contribution in [0.1, 0.15) is 12.1 Å². The highest BCUT2D eigenvalue weighted by Gasteiger charge is 2.20. The van der Waals surface area contributed by atoms with Gasteiger partial charge in [-0.05, 0) is 43.3 Å². The van der Waals surface area contributed by atoms with Crippen LogP contribution in [0, 0.1) is 0 Å². The standard InChI is InChI=1S/C21H22ClN5O2/c1-26(17-6-8-23-12-17)20-5-4-18(13-25-20)27-9-7-19(10-21(27)28)29-14-16-3-2-15(22)11-24-16/h2-5,7,9-11,13,17,23H,6,8,12,14H2,1H3. The molecule has 0 aliphatic carbocycles. The topological polar surface area (TPSA) is 72.3 Å². The van der Waals surface area contributed by atoms with Crippen molar-refractivity contribution in [1.29, 1.82) is 0 Å². The van der Waals surface area contributed by atoms with E-state index in [0.29, 0.717) is 22.5 Å². The molecule has 29 heavy (non-hydrogen) atoms. The van der Waals surface area contributed by atoms with Gasteiger partial charge in [-0.15, -0.1) is 0 Å². The molecule has 1 unspecified atom stereocenters. The van der Waals surface area contributed by atoms with Crippen molar-refractivity contribution >= 4 is 17.4 Å². The SMILES string of the molecule is CN(c1ccc(-n2ccc(OCc3ccc(Cl)cn3)cc2=O)cn1)C1CCNC1. The summed E-state index contributed by atoms with van der Waals surface area (Å²) in [6.45, 7) is 2.26. The molecular weight excluding hydrogens is 390 g/mol. The number of nitrogens with one attached hydrogen (secondary N) is 1. The minimum Gasteiger partial charge on any atom is -0.487 e. The predicted octanol–water partition coefficient (Wildman–Crippen LogP) is 2.66. The highest BCUT2D eigenvalue weighted by Crippen LogP contribution is 2.18. The van der Waals surface area contributed by atoms with Gasteiger partial charge in [-0.3, -0.25) is 14.3 Å². The number of anilines is 1. The second kappa shape index (κ2) is 8.63. The van der Waals surface area contributed by atoms with E-state index in [2.05, 4.69) is 20.2 Å². The molecule has 150 valence electrons. The lowest BCUT2D eigenvalue weighted by Crippen LogP contribution is -2.33. The maximum absolute atomic E-state index is 12.5. The van der Waals surface area contributed by atoms with Crippen LogP contribution in [0.3, 0.4) is 0 Å². The molecule has 0 amide bonds. The summed E-state index contributed by atoms with van der Waals surface area (Å²) in [6, 6.07) is 11.0. The molecule has 7 nitrogen and oxygen atoms in total. The monoisotopic (exact) mass is 411 g/mol. The third-order valence-electron chi connectivity index (χ3n) is 5.02. The van der Waals surface area contributed by atoms with Gasteiger partial charge in [0.1, 0.15) is 18.2 Å². The van der Waals surface area contributed by atoms with E-state index >= 15 is 0 Å². The van der Waals surface area contributed by atoms with E-state index in [1.807, 2.05) is 19.2 Å². The van der Waals surface area contributed by atoms with Crippen LogP contribution < -0.4 is 20.5 Å². The van der Waals surface area contributed by atoms with Gasteiger partial charge in [-0.25, -0.2) is 4.98 Å². The van der Waals surface area contributed by atoms with Crippen LogP contribution >= 0.6 is 11.6 Å². The molecule has 1 N–H and O–H groups in total. The van der Waals surface area contributed by atoms with Gasteiger partial charge in [-0.2, -0.15) is 0 Å². The first kappa shape index (κ1) is 19.4. The van der Waals surface area contributed by atoms with Gasteiger partial charge >= 0.3 is 0 Å². The van der Waals surface area contributed by atoms with Crippen molar-refractivity contribution in [2.24, 2.45) is 0 Å². The fourth-order valence-electron chi connectivity index (χ4n) is 3.30. The van der Waals surface area contributed by atoms with E-state index in [1.165, 1.54) is 6.07 Å². The molecule has 3 aromatic rings. The summed E-state index contributed by atoms with van der Waals surface area (Å²) in [5.41, 5.74) is 1.26. The molecule has 0 saturated carbocycles. The third-order valence-corrected chi connectivity index (χ3v) is 5.24. The molecule has 1 aliphatic heterocycles. The first-order chi connectivity index (χ1) is 14.1. The molecule has 3 aromatic heterocycles. The Hall–Kier alpha value is -2.90. The zero-order valence-corrected chi connectivity index (χ0v) is 16.8. The number of rotatable bonds is 6. The van der Waals surface area contributed by atoms with E-state index in [4.69, 9.17) is 16.3 Å². The Balaban J connectivity index is 1.44. The zero-order valence-electron chi connectivity index (χ0n) is 16.1. The van der Waals surface area contributed by atoms with Crippen LogP contribution in [0.2, 0.25) is 5.02 Å². The Morgan fingerprint density at radius 3 is 2.79 bits per heavy atom. The normalized spacial score (nSPS) is 16.0. The van der Waals surface area contributed by atoms with Crippen LogP contribution in [0.4, 0.5) is 5.82 Å². The summed E-state index contributed by atoms with van der Waals surface area (Å²) in [5, 5.41) is 3.93. The van der Waals surface area contributed by atoms with Crippen molar-refractivity contribution in [3.8, 4) is 11.4 Å². The summed E-state index contributed by atoms with van der Waals surface area (Å²) in [6.07, 6.45) is 6.07. The van der Waals surface area contributed by atoms with Crippen LogP contribution in [-0.4, -0.2) is 40.7 Å². The van der Waals surface area contributed by atoms with E-state index in [1.54, 1.807) is 41.4 Å². The molecule has 4 heterocycles. The molecule has 1 aliphatic rings. The van der Waals surface area contributed by atoms with Gasteiger partial charge in [0.05, 0.1) is 22.6 Å². The predicted molar refractivity (Wildman–Crippen MR) is 113 cm³/mol. The van der Waals surface area contributed by atoms with Gasteiger partial charge in [0, 0.05) is 38.1 Å². The lowest BCUT2D eigenvalue weighted by atomic mass is 10.2. The van der Waals surface area contributed by atoms with Crippen molar-refractivity contribution in [2.75, 3.05) is 25.0 Å². The Kier molecular flexibility index (Phi) is 5.78. The number of hydrogen-bond donors (Lipinski definition) is 1. The minimum absolute atomic E-state index is 0.186. The van der Waals surface area contributed by atoms with Crippen LogP contribution in [0.15, 0.2) is 59.8 Å². The molecule has 4 rings (SSSR count). The molecular formula is C21H22ClN5O2. The lowest BCUT2D eigenvalue weighted by Gasteiger charge is -2.24. The van der Waals surface area contributed by atoms with Gasteiger partial charge < -0.3 is 15.0 Å². The second-order valence-corrected chi connectivity index (χ2v) is 7.40. The maximum Gasteiger partial charge on any atom is 0.258 e. The molecule has 0 radical (unpaired) electrons. The molecule has 1 saturated heterocycles. The summed E-state index contributed by atoms with van der Waals surface area (Å²) in [5.74, 6) is 1.38. The number of likely N-dealkylation sites (N-methyl/N-ethyl adjacent to an activating group) is 1. The first-order valence-corrected chi connectivity index (χ1v) is 9.84. The zero-order chi connectivity index (χ0) is 20.2. The molecule has 0 spiro atoms. The molecule has 0 aromatic carbocycles. The highest BCUT2D eigenvalue weighted by molar-refractivity contribution is 6.30. The van der Waals surface area contributed by atoms with Gasteiger partial charge in [0.15, 0.2) is 0 Å². The average Bonchev–Trinajstić information content (AvgIpc) is 3.28. The van der Waals surface area contributed by atoms with Crippen LogP contribution in [-0.2, 0) is 6.61 Å². The highest BCUT2D eigenvalue weighted by atomic mass is 35.5. The molecule has 0 bridgehead atoms. The Morgan fingerprint density at radius 1 is 1.24 bits per heavy atom. The maximum atomic E-state index is 12.5. The van der Waals surface area contributed by atoms with Gasteiger partial charge in [0.2, 0.25) is 0 Å². The van der Waals surface area contributed by atoms with Crippen molar-refractivity contribution in [2.45, 2.75) is 19.1 Å². The quantitative estimate of drug-likeness (QED) is 0.672. The Bertz CT molecular complexity index is 1010. The number of ether oxygens (including phenoxy) is 1. The summed E-state index contributed by atoms with van der Waals surface area (Å²) >= 11 is 5.83. The average molecular weight is 412 g/mol. The van der Waals surface area contributed by atoms with Crippen molar-refractivity contribution in [1.82, 2.24) is 19.9 Å². The summed E-state index contributed by atoms with van der Waals surface area (Å²) in [7, 11) is 2.05. The number of halogens is 1. The number of aromatic nitrogens is 3. The summed E-state index contributed by atoms with van der Waals surface area (Å²) < 4.78 is 7.21. The van der Waals surface area contributed by atoms with Crippen molar-refractivity contribution < 1.29 is 4.74 Å². The largest absolute Gasteiger partial charge is 0.487 e. The van der Waals surface area contributed by atoms with Crippen LogP contribution in [0.5, 0.6) is 5.75 Å². The minimum atomic E-state index is -0.186. The van der Waals surface area contributed by atoms with Gasteiger partial charge in [0.25, 0.3) is 5.56 Å². The van der Waals surface area contributed by atoms with Crippen LogP contribution in [0.25, 0.3) is 5.69 Å². The van der Waals surface area contributed by atoms with E-state index in [-0.39, 0.29) is 12.2 Å². The van der Waals surface area contributed by atoms with E-state index < -0.39 is 0 Å². The summed E-state index contributed by atoms with van der Waals surface area (Å²) in [4.78, 5) is 23.4. The molecule has 8 heteroatoms. The number of nitrogens with zero attached hydrogens (tertiary/aromatic N) is 4. The number of pyridine rings is 3. The fraction of sp³-hybridized carbons (Fsp3) is 0.286. The van der Waals surface area contributed by atoms with E-state index in [0.717, 1.165) is 31.0 Å². The van der Waals surface area contributed by atoms with Crippen molar-refractivity contribution in [3.63, 3.8) is 0 Å². The van der Waals surface area contributed by atoms with Gasteiger partial charge in [-0.1, -0.05) is 11.6 Å². The molecule has 1 atom stereocenters. The van der Waals surface area contributed by atoms with Crippen molar-refractivity contribution in [3.05, 3.63) is 76.1 Å². The smallest absolute Gasteiger partial charge is 0.258 e. The first-order valence-electron chi connectivity index (χ1n) is 9.46.